The number of hydrogen-bond donors (Lipinski definition) is 3. The third-order valence-corrected chi connectivity index (χ3v) is 6.19. The molecule has 0 saturated carbocycles. The molecule has 1 aromatic carbocycles. The number of carboxylic acids is 2. The van der Waals surface area contributed by atoms with Gasteiger partial charge in [-0.25, -0.2) is 4.79 Å². The Bertz CT molecular complexity index is 781. The van der Waals surface area contributed by atoms with Crippen molar-refractivity contribution in [2.45, 2.75) is 42.0 Å². The molecule has 1 aromatic rings. The van der Waals surface area contributed by atoms with Crippen molar-refractivity contribution in [3.05, 3.63) is 35.9 Å². The van der Waals surface area contributed by atoms with Crippen LogP contribution in [0.15, 0.2) is 30.3 Å². The average Bonchev–Trinajstić information content (AvgIpc) is 2.82. The van der Waals surface area contributed by atoms with Crippen molar-refractivity contribution in [1.82, 2.24) is 10.2 Å². The van der Waals surface area contributed by atoms with Gasteiger partial charge in [0.25, 0.3) is 0 Å². The molecule has 2 aliphatic rings. The van der Waals surface area contributed by atoms with E-state index in [2.05, 4.69) is 5.32 Å². The van der Waals surface area contributed by atoms with E-state index in [9.17, 15) is 29.4 Å². The lowest BCUT2D eigenvalue weighted by molar-refractivity contribution is -0.161. The summed E-state index contributed by atoms with van der Waals surface area (Å²) in [7, 11) is 0. The molecule has 26 heavy (non-hydrogen) atoms. The number of carboxylic acid groups (broad SMARTS) is 2. The van der Waals surface area contributed by atoms with E-state index in [0.717, 1.165) is 0 Å². The fourth-order valence-corrected chi connectivity index (χ4v) is 5.06. The molecule has 0 aromatic heterocycles. The number of fused-ring (bicyclic) bond motifs is 1. The highest BCUT2D eigenvalue weighted by atomic mass is 32.2. The normalized spacial score (nSPS) is 27.2. The Kier molecular flexibility index (Phi) is 4.43. The summed E-state index contributed by atoms with van der Waals surface area (Å²) >= 11 is 1.29. The van der Waals surface area contributed by atoms with Crippen molar-refractivity contribution in [3.8, 4) is 0 Å². The summed E-state index contributed by atoms with van der Waals surface area (Å²) in [5.41, 5.74) is 0.309. The number of β-lactam (4-membered cyclic amide) rings is 1. The van der Waals surface area contributed by atoms with Gasteiger partial charge in [-0.2, -0.15) is 0 Å². The summed E-state index contributed by atoms with van der Waals surface area (Å²) < 4.78 is -0.711. The molecule has 2 saturated heterocycles. The third-order valence-electron chi connectivity index (χ3n) is 4.61. The second-order valence-corrected chi connectivity index (χ2v) is 8.54. The Morgan fingerprint density at radius 2 is 1.81 bits per heavy atom. The fourth-order valence-electron chi connectivity index (χ4n) is 3.43. The molecule has 0 aliphatic carbocycles. The molecule has 3 N–H and O–H groups in total. The van der Waals surface area contributed by atoms with Gasteiger partial charge in [-0.05, 0) is 19.4 Å². The maximum Gasteiger partial charge on any atom is 0.327 e. The molecule has 138 valence electrons. The van der Waals surface area contributed by atoms with Gasteiger partial charge in [-0.3, -0.25) is 14.4 Å². The van der Waals surface area contributed by atoms with Gasteiger partial charge >= 0.3 is 11.9 Å². The maximum absolute atomic E-state index is 12.5. The SMILES string of the molecule is CC1(C)S[C@@H]2[C@H](NC(=O)[C@H](C(=O)O)c3ccccc3)C(=O)N2[C@H]1C(=O)O. The number of hydrogen-bond acceptors (Lipinski definition) is 5. The number of aliphatic carboxylic acids is 2. The monoisotopic (exact) mass is 378 g/mol. The van der Waals surface area contributed by atoms with Gasteiger partial charge in [0.05, 0.1) is 0 Å². The van der Waals surface area contributed by atoms with Gasteiger partial charge in [0.2, 0.25) is 11.8 Å². The first-order valence-electron chi connectivity index (χ1n) is 7.96. The Hall–Kier alpha value is -2.55. The number of carbonyl (C=O) groups is 4. The van der Waals surface area contributed by atoms with Crippen LogP contribution in [0.2, 0.25) is 0 Å². The van der Waals surface area contributed by atoms with E-state index in [1.165, 1.54) is 28.8 Å². The molecule has 2 heterocycles. The summed E-state index contributed by atoms with van der Waals surface area (Å²) in [5.74, 6) is -5.16. The summed E-state index contributed by atoms with van der Waals surface area (Å²) in [5, 5.41) is 20.8. The number of thioether (sulfide) groups is 1. The van der Waals surface area contributed by atoms with Crippen molar-refractivity contribution in [1.29, 1.82) is 0 Å². The van der Waals surface area contributed by atoms with Crippen molar-refractivity contribution in [2.75, 3.05) is 0 Å². The Morgan fingerprint density at radius 3 is 2.35 bits per heavy atom. The topological polar surface area (TPSA) is 124 Å². The first kappa shape index (κ1) is 18.2. The van der Waals surface area contributed by atoms with Gasteiger partial charge < -0.3 is 20.4 Å². The molecule has 0 unspecified atom stereocenters. The van der Waals surface area contributed by atoms with Crippen LogP contribution in [0.25, 0.3) is 0 Å². The molecule has 3 rings (SSSR count). The second-order valence-electron chi connectivity index (χ2n) is 6.77. The molecule has 0 spiro atoms. The number of benzene rings is 1. The van der Waals surface area contributed by atoms with Crippen molar-refractivity contribution >= 4 is 35.5 Å². The summed E-state index contributed by atoms with van der Waals surface area (Å²) in [6.45, 7) is 3.45. The predicted molar refractivity (Wildman–Crippen MR) is 92.5 cm³/mol. The van der Waals surface area contributed by atoms with E-state index in [-0.39, 0.29) is 0 Å². The third kappa shape index (κ3) is 2.82. The zero-order chi connectivity index (χ0) is 19.2. The van der Waals surface area contributed by atoms with Gasteiger partial charge in [-0.1, -0.05) is 30.3 Å². The van der Waals surface area contributed by atoms with Crippen LogP contribution >= 0.6 is 11.8 Å². The quantitative estimate of drug-likeness (QED) is 0.503. The Labute approximate surface area is 153 Å². The number of rotatable bonds is 5. The Balaban J connectivity index is 1.78. The molecule has 0 bridgehead atoms. The van der Waals surface area contributed by atoms with Crippen LogP contribution in [-0.4, -0.2) is 61.1 Å². The maximum atomic E-state index is 12.5. The molecular formula is C17H18N2O6S. The molecule has 2 aliphatic heterocycles. The molecular weight excluding hydrogens is 360 g/mol. The van der Waals surface area contributed by atoms with E-state index < -0.39 is 51.9 Å². The van der Waals surface area contributed by atoms with Crippen LogP contribution in [0.5, 0.6) is 0 Å². The molecule has 2 fully saturated rings. The number of amides is 2. The standard InChI is InChI=1S/C17H18N2O6S/c1-17(2)11(16(24)25)19-13(21)10(14(19)26-17)18-12(20)9(15(22)23)8-6-4-3-5-7-8/h3-7,9-11,14H,1-2H3,(H,18,20)(H,22,23)(H,24,25)/t9-,10-,11+,14-/m1/s1. The first-order chi connectivity index (χ1) is 12.1. The number of nitrogens with zero attached hydrogens (tertiary/aromatic N) is 1. The van der Waals surface area contributed by atoms with Crippen LogP contribution in [0.4, 0.5) is 0 Å². The highest BCUT2D eigenvalue weighted by molar-refractivity contribution is 8.01. The number of carbonyl (C=O) groups excluding carboxylic acids is 2. The van der Waals surface area contributed by atoms with Crippen molar-refractivity contribution < 1.29 is 29.4 Å². The summed E-state index contributed by atoms with van der Waals surface area (Å²) in [6.07, 6.45) is 0. The lowest BCUT2D eigenvalue weighted by Crippen LogP contribution is -2.71. The van der Waals surface area contributed by atoms with Gasteiger partial charge in [0.1, 0.15) is 17.5 Å². The molecule has 4 atom stereocenters. The lowest BCUT2D eigenvalue weighted by atomic mass is 9.94. The smallest absolute Gasteiger partial charge is 0.327 e. The van der Waals surface area contributed by atoms with Gasteiger partial charge in [-0.15, -0.1) is 11.8 Å². The van der Waals surface area contributed by atoms with Gasteiger partial charge in [0, 0.05) is 4.75 Å². The lowest BCUT2D eigenvalue weighted by Gasteiger charge is -2.43. The molecule has 8 nitrogen and oxygen atoms in total. The predicted octanol–water partition coefficient (Wildman–Crippen LogP) is 0.486. The van der Waals surface area contributed by atoms with E-state index in [1.54, 1.807) is 32.0 Å². The van der Waals surface area contributed by atoms with Gasteiger partial charge in [0.15, 0.2) is 5.92 Å². The molecule has 0 radical (unpaired) electrons. The fraction of sp³-hybridized carbons (Fsp3) is 0.412. The highest BCUT2D eigenvalue weighted by Gasteiger charge is 2.64. The minimum Gasteiger partial charge on any atom is -0.480 e. The van der Waals surface area contributed by atoms with E-state index in [1.807, 2.05) is 0 Å². The van der Waals surface area contributed by atoms with E-state index in [4.69, 9.17) is 0 Å². The summed E-state index contributed by atoms with van der Waals surface area (Å²) in [4.78, 5) is 49.2. The Morgan fingerprint density at radius 1 is 1.19 bits per heavy atom. The summed E-state index contributed by atoms with van der Waals surface area (Å²) in [6, 6.07) is 6.10. The van der Waals surface area contributed by atoms with E-state index >= 15 is 0 Å². The average molecular weight is 378 g/mol. The van der Waals surface area contributed by atoms with E-state index in [0.29, 0.717) is 5.56 Å². The second kappa shape index (κ2) is 6.31. The van der Waals surface area contributed by atoms with Crippen molar-refractivity contribution in [2.24, 2.45) is 0 Å². The van der Waals surface area contributed by atoms with Crippen LogP contribution in [0.3, 0.4) is 0 Å². The van der Waals surface area contributed by atoms with Crippen LogP contribution in [0.1, 0.15) is 25.3 Å². The first-order valence-corrected chi connectivity index (χ1v) is 8.84. The van der Waals surface area contributed by atoms with Crippen LogP contribution < -0.4 is 5.32 Å². The zero-order valence-electron chi connectivity index (χ0n) is 14.1. The zero-order valence-corrected chi connectivity index (χ0v) is 14.9. The minimum absolute atomic E-state index is 0.309. The largest absolute Gasteiger partial charge is 0.480 e. The minimum atomic E-state index is -1.44. The van der Waals surface area contributed by atoms with Crippen LogP contribution in [-0.2, 0) is 19.2 Å². The number of nitrogens with one attached hydrogen (secondary N) is 1. The molecule has 2 amide bonds. The van der Waals surface area contributed by atoms with Crippen molar-refractivity contribution in [3.63, 3.8) is 0 Å². The molecule has 9 heteroatoms. The highest BCUT2D eigenvalue weighted by Crippen LogP contribution is 2.50. The van der Waals surface area contributed by atoms with Crippen LogP contribution in [0, 0.1) is 0 Å².